The van der Waals surface area contributed by atoms with Crippen LogP contribution in [0.2, 0.25) is 0 Å². The molecule has 0 radical (unpaired) electrons. The number of carbonyl (C=O) groups excluding carboxylic acids is 2. The van der Waals surface area contributed by atoms with E-state index in [-0.39, 0.29) is 35.9 Å². The van der Waals surface area contributed by atoms with Crippen LogP contribution in [0.3, 0.4) is 0 Å². The van der Waals surface area contributed by atoms with Crippen molar-refractivity contribution in [2.24, 2.45) is 0 Å². The van der Waals surface area contributed by atoms with Crippen molar-refractivity contribution < 1.29 is 27.8 Å². The molecule has 0 unspecified atom stereocenters. The van der Waals surface area contributed by atoms with Gasteiger partial charge in [0.15, 0.2) is 17.4 Å². The molecule has 4 nitrogen and oxygen atoms in total. The summed E-state index contributed by atoms with van der Waals surface area (Å²) in [6.45, 7) is 0. The molecule has 110 valence electrons. The van der Waals surface area contributed by atoms with Gasteiger partial charge >= 0.3 is 5.97 Å². The van der Waals surface area contributed by atoms with E-state index in [0.717, 1.165) is 12.1 Å². The Balaban J connectivity index is 2.63. The van der Waals surface area contributed by atoms with Crippen LogP contribution in [0.25, 0.3) is 0 Å². The molecule has 0 aromatic heterocycles. The Bertz CT molecular complexity index is 500. The smallest absolute Gasteiger partial charge is 0.305 e. The van der Waals surface area contributed by atoms with Crippen LogP contribution in [0.5, 0.6) is 5.75 Å². The summed E-state index contributed by atoms with van der Waals surface area (Å²) in [5.74, 6) is -2.86. The lowest BCUT2D eigenvalue weighted by Gasteiger charge is -2.08. The van der Waals surface area contributed by atoms with Gasteiger partial charge in [-0.25, -0.2) is 8.78 Å². The quantitative estimate of drug-likeness (QED) is 0.439. The number of esters is 1. The van der Waals surface area contributed by atoms with E-state index >= 15 is 0 Å². The number of carbonyl (C=O) groups is 2. The number of hydrogen-bond donors (Lipinski definition) is 0. The monoisotopic (exact) mass is 286 g/mol. The van der Waals surface area contributed by atoms with Crippen molar-refractivity contribution in [1.82, 2.24) is 0 Å². The zero-order valence-corrected chi connectivity index (χ0v) is 11.4. The number of methoxy groups -OCH3 is 2. The van der Waals surface area contributed by atoms with Gasteiger partial charge in [-0.05, 0) is 18.9 Å². The first-order valence-electron chi connectivity index (χ1n) is 6.12. The second kappa shape index (κ2) is 7.57. The number of rotatable bonds is 7. The molecular weight excluding hydrogens is 270 g/mol. The molecule has 0 spiro atoms. The van der Waals surface area contributed by atoms with Crippen LogP contribution in [0.4, 0.5) is 8.78 Å². The Morgan fingerprint density at radius 2 is 1.65 bits per heavy atom. The van der Waals surface area contributed by atoms with Gasteiger partial charge in [-0.2, -0.15) is 0 Å². The molecule has 0 amide bonds. The van der Waals surface area contributed by atoms with Crippen LogP contribution in [-0.2, 0) is 9.53 Å². The Morgan fingerprint density at radius 3 is 2.25 bits per heavy atom. The van der Waals surface area contributed by atoms with Crippen molar-refractivity contribution in [2.75, 3.05) is 14.2 Å². The van der Waals surface area contributed by atoms with Gasteiger partial charge in [0, 0.05) is 18.9 Å². The van der Waals surface area contributed by atoms with E-state index in [0.29, 0.717) is 12.8 Å². The Hall–Kier alpha value is -1.98. The molecule has 0 heterocycles. The van der Waals surface area contributed by atoms with E-state index in [1.807, 2.05) is 0 Å². The van der Waals surface area contributed by atoms with Gasteiger partial charge in [0.2, 0.25) is 0 Å². The summed E-state index contributed by atoms with van der Waals surface area (Å²) in [5.41, 5.74) is 0.00414. The first-order chi connectivity index (χ1) is 9.49. The molecule has 0 saturated heterocycles. The number of unbranched alkanes of at least 4 members (excludes halogenated alkanes) is 1. The van der Waals surface area contributed by atoms with Crippen LogP contribution in [0, 0.1) is 11.6 Å². The molecule has 1 aromatic rings. The fourth-order valence-electron chi connectivity index (χ4n) is 1.71. The second-order valence-electron chi connectivity index (χ2n) is 4.17. The van der Waals surface area contributed by atoms with E-state index in [2.05, 4.69) is 4.74 Å². The standard InChI is InChI=1S/C14H16F2O4/c1-19-13-8-11(16)10(15)7-9(13)12(17)5-3-4-6-14(18)20-2/h7-8H,3-6H2,1-2H3. The van der Waals surface area contributed by atoms with E-state index < -0.39 is 11.6 Å². The molecule has 0 aliphatic heterocycles. The largest absolute Gasteiger partial charge is 0.496 e. The Kier molecular flexibility index (Phi) is 6.09. The van der Waals surface area contributed by atoms with Crippen molar-refractivity contribution >= 4 is 11.8 Å². The molecule has 0 aliphatic rings. The average molecular weight is 286 g/mol. The van der Waals surface area contributed by atoms with Crippen LogP contribution >= 0.6 is 0 Å². The first-order valence-corrected chi connectivity index (χ1v) is 6.12. The summed E-state index contributed by atoms with van der Waals surface area (Å²) >= 11 is 0. The number of benzene rings is 1. The van der Waals surface area contributed by atoms with E-state index in [1.165, 1.54) is 14.2 Å². The van der Waals surface area contributed by atoms with E-state index in [9.17, 15) is 18.4 Å². The molecule has 0 atom stereocenters. The average Bonchev–Trinajstić information content (AvgIpc) is 2.45. The summed E-state index contributed by atoms with van der Waals surface area (Å²) in [5, 5.41) is 0. The molecular formula is C14H16F2O4. The third-order valence-corrected chi connectivity index (χ3v) is 2.81. The van der Waals surface area contributed by atoms with Crippen molar-refractivity contribution in [3.63, 3.8) is 0 Å². The van der Waals surface area contributed by atoms with E-state index in [4.69, 9.17) is 4.74 Å². The molecule has 0 N–H and O–H groups in total. The fraction of sp³-hybridized carbons (Fsp3) is 0.429. The summed E-state index contributed by atoms with van der Waals surface area (Å²) in [7, 11) is 2.57. The first kappa shape index (κ1) is 16.1. The van der Waals surface area contributed by atoms with Crippen molar-refractivity contribution in [2.45, 2.75) is 25.7 Å². The third kappa shape index (κ3) is 4.29. The molecule has 1 aromatic carbocycles. The lowest BCUT2D eigenvalue weighted by Crippen LogP contribution is -2.05. The summed E-state index contributed by atoms with van der Waals surface area (Å²) < 4.78 is 35.5. The number of Topliss-reactive ketones (excluding diaryl/α,β-unsaturated/α-hetero) is 1. The van der Waals surface area contributed by atoms with Crippen LogP contribution in [0.15, 0.2) is 12.1 Å². The molecule has 0 fully saturated rings. The van der Waals surface area contributed by atoms with Crippen LogP contribution < -0.4 is 4.74 Å². The number of ether oxygens (including phenoxy) is 2. The number of ketones is 1. The van der Waals surface area contributed by atoms with Crippen molar-refractivity contribution in [3.05, 3.63) is 29.3 Å². The van der Waals surface area contributed by atoms with Gasteiger partial charge < -0.3 is 9.47 Å². The highest BCUT2D eigenvalue weighted by Crippen LogP contribution is 2.24. The number of hydrogen-bond acceptors (Lipinski definition) is 4. The SMILES string of the molecule is COC(=O)CCCCC(=O)c1cc(F)c(F)cc1OC. The highest BCUT2D eigenvalue weighted by atomic mass is 19.2. The van der Waals surface area contributed by atoms with Gasteiger partial charge in [0.25, 0.3) is 0 Å². The predicted molar refractivity (Wildman–Crippen MR) is 67.7 cm³/mol. The minimum Gasteiger partial charge on any atom is -0.496 e. The highest BCUT2D eigenvalue weighted by Gasteiger charge is 2.16. The van der Waals surface area contributed by atoms with Gasteiger partial charge in [0.05, 0.1) is 19.8 Å². The van der Waals surface area contributed by atoms with Gasteiger partial charge in [-0.1, -0.05) is 0 Å². The lowest BCUT2D eigenvalue weighted by molar-refractivity contribution is -0.140. The zero-order valence-electron chi connectivity index (χ0n) is 11.4. The minimum absolute atomic E-state index is 0.00173. The zero-order chi connectivity index (χ0) is 15.1. The van der Waals surface area contributed by atoms with Crippen LogP contribution in [0.1, 0.15) is 36.0 Å². The normalized spacial score (nSPS) is 10.2. The van der Waals surface area contributed by atoms with Gasteiger partial charge in [-0.15, -0.1) is 0 Å². The maximum Gasteiger partial charge on any atom is 0.305 e. The van der Waals surface area contributed by atoms with E-state index in [1.54, 1.807) is 0 Å². The summed E-state index contributed by atoms with van der Waals surface area (Å²) in [4.78, 5) is 22.8. The molecule has 0 aliphatic carbocycles. The lowest BCUT2D eigenvalue weighted by atomic mass is 10.0. The molecule has 0 saturated carbocycles. The Labute approximate surface area is 115 Å². The maximum absolute atomic E-state index is 13.2. The maximum atomic E-state index is 13.2. The third-order valence-electron chi connectivity index (χ3n) is 2.81. The van der Waals surface area contributed by atoms with Crippen molar-refractivity contribution in [3.8, 4) is 5.75 Å². The van der Waals surface area contributed by atoms with Gasteiger partial charge in [0.1, 0.15) is 5.75 Å². The summed E-state index contributed by atoms with van der Waals surface area (Å²) in [6, 6.07) is 1.67. The summed E-state index contributed by atoms with van der Waals surface area (Å²) in [6.07, 6.45) is 1.29. The fourth-order valence-corrected chi connectivity index (χ4v) is 1.71. The Morgan fingerprint density at radius 1 is 1.05 bits per heavy atom. The highest BCUT2D eigenvalue weighted by molar-refractivity contribution is 5.98. The minimum atomic E-state index is -1.09. The number of halogens is 2. The second-order valence-corrected chi connectivity index (χ2v) is 4.17. The van der Waals surface area contributed by atoms with Crippen molar-refractivity contribution in [1.29, 1.82) is 0 Å². The molecule has 1 rings (SSSR count). The molecule has 0 bridgehead atoms. The molecule has 20 heavy (non-hydrogen) atoms. The predicted octanol–water partition coefficient (Wildman–Crippen LogP) is 2.89. The van der Waals surface area contributed by atoms with Crippen LogP contribution in [-0.4, -0.2) is 26.0 Å². The topological polar surface area (TPSA) is 52.6 Å². The molecule has 6 heteroatoms. The van der Waals surface area contributed by atoms with Gasteiger partial charge in [-0.3, -0.25) is 9.59 Å².